The predicted molar refractivity (Wildman–Crippen MR) is 122 cm³/mol. The molecule has 1 aliphatic heterocycles. The molecule has 3 aromatic carbocycles. The highest BCUT2D eigenvalue weighted by molar-refractivity contribution is 7.92. The van der Waals surface area contributed by atoms with Crippen LogP contribution in [0.4, 0.5) is 11.4 Å². The van der Waals surface area contributed by atoms with Crippen LogP contribution < -0.4 is 13.9 Å². The van der Waals surface area contributed by atoms with Crippen molar-refractivity contribution >= 4 is 27.3 Å². The molecule has 1 aliphatic rings. The summed E-state index contributed by atoms with van der Waals surface area (Å²) in [6.45, 7) is 2.32. The maximum atomic E-state index is 13.4. The minimum atomic E-state index is -3.82. The maximum absolute atomic E-state index is 13.4. The molecule has 0 aliphatic carbocycles. The number of nitrogens with zero attached hydrogens (tertiary/aromatic N) is 2. The van der Waals surface area contributed by atoms with Crippen LogP contribution in [0.1, 0.15) is 21.5 Å². The van der Waals surface area contributed by atoms with Gasteiger partial charge in [0.25, 0.3) is 15.9 Å². The average molecular weight is 437 g/mol. The van der Waals surface area contributed by atoms with Crippen LogP contribution in [0.25, 0.3) is 0 Å². The fourth-order valence-corrected chi connectivity index (χ4v) is 5.36. The van der Waals surface area contributed by atoms with Crippen LogP contribution in [-0.2, 0) is 16.4 Å². The second-order valence-corrected chi connectivity index (χ2v) is 9.38. The van der Waals surface area contributed by atoms with Gasteiger partial charge in [-0.25, -0.2) is 8.42 Å². The molecule has 7 heteroatoms. The van der Waals surface area contributed by atoms with E-state index in [-0.39, 0.29) is 16.4 Å². The summed E-state index contributed by atoms with van der Waals surface area (Å²) in [6, 6.07) is 19.4. The Labute approximate surface area is 182 Å². The number of hydrogen-bond acceptors (Lipinski definition) is 4. The Kier molecular flexibility index (Phi) is 5.45. The highest BCUT2D eigenvalue weighted by Crippen LogP contribution is 2.34. The molecular formula is C24H24N2O4S. The summed E-state index contributed by atoms with van der Waals surface area (Å²) in [4.78, 5) is 14.8. The van der Waals surface area contributed by atoms with Crippen LogP contribution in [0.5, 0.6) is 5.75 Å². The van der Waals surface area contributed by atoms with Gasteiger partial charge in [-0.1, -0.05) is 30.3 Å². The van der Waals surface area contributed by atoms with E-state index in [1.165, 1.54) is 34.5 Å². The molecular weight excluding hydrogens is 412 g/mol. The van der Waals surface area contributed by atoms with Crippen LogP contribution in [0.15, 0.2) is 71.6 Å². The summed E-state index contributed by atoms with van der Waals surface area (Å²) in [5, 5.41) is 0. The number of amides is 1. The van der Waals surface area contributed by atoms with Crippen LogP contribution in [0.2, 0.25) is 0 Å². The van der Waals surface area contributed by atoms with E-state index in [1.807, 2.05) is 49.4 Å². The normalized spacial score (nSPS) is 13.1. The zero-order chi connectivity index (χ0) is 22.2. The molecule has 0 radical (unpaired) electrons. The number of aryl methyl sites for hydroxylation is 1. The van der Waals surface area contributed by atoms with Crippen molar-refractivity contribution in [1.82, 2.24) is 0 Å². The molecule has 0 aromatic heterocycles. The third kappa shape index (κ3) is 3.77. The molecule has 0 fully saturated rings. The standard InChI is InChI=1S/C24H24N2O4S/c1-17-7-6-9-19(15-17)25(2)24(27)21-16-20(11-12-23(21)30-3)31(28,29)26-14-13-18-8-4-5-10-22(18)26/h4-12,15-16H,13-14H2,1-3H3. The van der Waals surface area contributed by atoms with E-state index < -0.39 is 10.0 Å². The van der Waals surface area contributed by atoms with Crippen molar-refractivity contribution in [1.29, 1.82) is 0 Å². The van der Waals surface area contributed by atoms with Crippen molar-refractivity contribution in [2.24, 2.45) is 0 Å². The molecule has 0 saturated carbocycles. The fraction of sp³-hybridized carbons (Fsp3) is 0.208. The molecule has 0 N–H and O–H groups in total. The van der Waals surface area contributed by atoms with Crippen LogP contribution >= 0.6 is 0 Å². The van der Waals surface area contributed by atoms with Gasteiger partial charge in [0.2, 0.25) is 0 Å². The summed E-state index contributed by atoms with van der Waals surface area (Å²) in [6.07, 6.45) is 0.660. The van der Waals surface area contributed by atoms with Gasteiger partial charge < -0.3 is 9.64 Å². The maximum Gasteiger partial charge on any atom is 0.264 e. The number of carbonyl (C=O) groups excluding carboxylic acids is 1. The number of hydrogen-bond donors (Lipinski definition) is 0. The zero-order valence-corrected chi connectivity index (χ0v) is 18.5. The molecule has 6 nitrogen and oxygen atoms in total. The second kappa shape index (κ2) is 8.07. The number of sulfonamides is 1. The Balaban J connectivity index is 1.73. The molecule has 3 aromatic rings. The summed E-state index contributed by atoms with van der Waals surface area (Å²) >= 11 is 0. The van der Waals surface area contributed by atoms with E-state index in [9.17, 15) is 13.2 Å². The van der Waals surface area contributed by atoms with Crippen LogP contribution in [0.3, 0.4) is 0 Å². The number of para-hydroxylation sites is 1. The summed E-state index contributed by atoms with van der Waals surface area (Å²) < 4.78 is 33.6. The number of anilines is 2. The molecule has 0 saturated heterocycles. The molecule has 0 unspecified atom stereocenters. The van der Waals surface area contributed by atoms with E-state index >= 15 is 0 Å². The summed E-state index contributed by atoms with van der Waals surface area (Å²) in [7, 11) is -0.700. The van der Waals surface area contributed by atoms with Gasteiger partial charge in [-0.2, -0.15) is 0 Å². The topological polar surface area (TPSA) is 66.9 Å². The monoisotopic (exact) mass is 436 g/mol. The van der Waals surface area contributed by atoms with Crippen LogP contribution in [0, 0.1) is 6.92 Å². The van der Waals surface area contributed by atoms with Gasteiger partial charge >= 0.3 is 0 Å². The number of methoxy groups -OCH3 is 1. The molecule has 0 atom stereocenters. The van der Waals surface area contributed by atoms with Crippen molar-refractivity contribution in [2.45, 2.75) is 18.2 Å². The van der Waals surface area contributed by atoms with Crippen molar-refractivity contribution in [2.75, 3.05) is 29.9 Å². The molecule has 1 amide bonds. The SMILES string of the molecule is COc1ccc(S(=O)(=O)N2CCc3ccccc32)cc1C(=O)N(C)c1cccc(C)c1. The van der Waals surface area contributed by atoms with Crippen LogP contribution in [-0.4, -0.2) is 35.0 Å². The van der Waals surface area contributed by atoms with E-state index in [0.717, 1.165) is 11.1 Å². The lowest BCUT2D eigenvalue weighted by molar-refractivity contribution is 0.0990. The highest BCUT2D eigenvalue weighted by atomic mass is 32.2. The summed E-state index contributed by atoms with van der Waals surface area (Å²) in [5.41, 5.74) is 3.61. The molecule has 0 spiro atoms. The third-order valence-electron chi connectivity index (χ3n) is 5.53. The van der Waals surface area contributed by atoms with Gasteiger partial charge in [0, 0.05) is 19.3 Å². The number of carbonyl (C=O) groups is 1. The zero-order valence-electron chi connectivity index (χ0n) is 17.7. The third-order valence-corrected chi connectivity index (χ3v) is 7.34. The Hall–Kier alpha value is -3.32. The Morgan fingerprint density at radius 1 is 1.03 bits per heavy atom. The smallest absolute Gasteiger partial charge is 0.264 e. The van der Waals surface area contributed by atoms with Gasteiger partial charge in [-0.3, -0.25) is 9.10 Å². The van der Waals surface area contributed by atoms with E-state index in [2.05, 4.69) is 0 Å². The van der Waals surface area contributed by atoms with Crippen molar-refractivity contribution in [3.05, 3.63) is 83.4 Å². The first-order valence-electron chi connectivity index (χ1n) is 9.96. The van der Waals surface area contributed by atoms with E-state index in [0.29, 0.717) is 30.1 Å². The first-order valence-corrected chi connectivity index (χ1v) is 11.4. The Bertz CT molecular complexity index is 1250. The predicted octanol–water partition coefficient (Wildman–Crippen LogP) is 4.03. The quantitative estimate of drug-likeness (QED) is 0.606. The number of benzene rings is 3. The number of ether oxygens (including phenoxy) is 1. The van der Waals surface area contributed by atoms with Gasteiger partial charge in [-0.05, 0) is 60.9 Å². The molecule has 160 valence electrons. The van der Waals surface area contributed by atoms with Gasteiger partial charge in [0.15, 0.2) is 0 Å². The Morgan fingerprint density at radius 3 is 2.55 bits per heavy atom. The van der Waals surface area contributed by atoms with Gasteiger partial charge in [-0.15, -0.1) is 0 Å². The largest absolute Gasteiger partial charge is 0.496 e. The lowest BCUT2D eigenvalue weighted by Gasteiger charge is -2.22. The van der Waals surface area contributed by atoms with Gasteiger partial charge in [0.05, 0.1) is 23.3 Å². The van der Waals surface area contributed by atoms with E-state index in [4.69, 9.17) is 4.74 Å². The lowest BCUT2D eigenvalue weighted by atomic mass is 10.1. The molecule has 0 bridgehead atoms. The second-order valence-electron chi connectivity index (χ2n) is 7.52. The minimum absolute atomic E-state index is 0.0611. The van der Waals surface area contributed by atoms with Gasteiger partial charge in [0.1, 0.15) is 5.75 Å². The minimum Gasteiger partial charge on any atom is -0.496 e. The van der Waals surface area contributed by atoms with Crippen molar-refractivity contribution in [3.63, 3.8) is 0 Å². The molecule has 4 rings (SSSR count). The highest BCUT2D eigenvalue weighted by Gasteiger charge is 2.32. The molecule has 31 heavy (non-hydrogen) atoms. The van der Waals surface area contributed by atoms with Crippen molar-refractivity contribution < 1.29 is 17.9 Å². The number of fused-ring (bicyclic) bond motifs is 1. The first-order chi connectivity index (χ1) is 14.8. The summed E-state index contributed by atoms with van der Waals surface area (Å²) in [5.74, 6) is -0.0217. The Morgan fingerprint density at radius 2 is 1.81 bits per heavy atom. The first kappa shape index (κ1) is 20.9. The average Bonchev–Trinajstić information content (AvgIpc) is 3.22. The van der Waals surface area contributed by atoms with E-state index in [1.54, 1.807) is 13.1 Å². The van der Waals surface area contributed by atoms with Crippen molar-refractivity contribution in [3.8, 4) is 5.75 Å². The lowest BCUT2D eigenvalue weighted by Crippen LogP contribution is -2.30. The fourth-order valence-electron chi connectivity index (χ4n) is 3.83. The number of rotatable bonds is 5. The molecule has 1 heterocycles.